The maximum absolute atomic E-state index is 12.7. The van der Waals surface area contributed by atoms with Gasteiger partial charge in [0.1, 0.15) is 11.2 Å². The highest BCUT2D eigenvalue weighted by Crippen LogP contribution is 2.46. The third-order valence-electron chi connectivity index (χ3n) is 2.58. The van der Waals surface area contributed by atoms with Gasteiger partial charge in [-0.1, -0.05) is 11.6 Å². The van der Waals surface area contributed by atoms with Gasteiger partial charge < -0.3 is 5.32 Å². The summed E-state index contributed by atoms with van der Waals surface area (Å²) >= 11 is 5.75. The molecule has 0 atom stereocenters. The van der Waals surface area contributed by atoms with Gasteiger partial charge in [-0.25, -0.2) is 4.39 Å². The van der Waals surface area contributed by atoms with Gasteiger partial charge in [0.2, 0.25) is 5.91 Å². The molecule has 0 bridgehead atoms. The summed E-state index contributed by atoms with van der Waals surface area (Å²) < 4.78 is 12.7. The minimum atomic E-state index is -0.905. The number of anilines is 1. The monoisotopic (exact) mass is 238 g/mol. The summed E-state index contributed by atoms with van der Waals surface area (Å²) in [5.41, 5.74) is -0.577. The van der Waals surface area contributed by atoms with Crippen LogP contribution in [0.25, 0.3) is 0 Å². The fraction of sp³-hybridized carbons (Fsp3) is 0.273. The molecule has 1 saturated carbocycles. The van der Waals surface area contributed by atoms with Gasteiger partial charge in [-0.15, -0.1) is 0 Å². The molecule has 0 saturated heterocycles. The fourth-order valence-electron chi connectivity index (χ4n) is 1.35. The number of nitrogens with zero attached hydrogens (tertiary/aromatic N) is 1. The lowest BCUT2D eigenvalue weighted by Gasteiger charge is -2.09. The van der Waals surface area contributed by atoms with Crippen LogP contribution < -0.4 is 5.32 Å². The number of hydrogen-bond acceptors (Lipinski definition) is 2. The second kappa shape index (κ2) is 3.76. The zero-order valence-corrected chi connectivity index (χ0v) is 9.01. The second-order valence-electron chi connectivity index (χ2n) is 3.77. The maximum Gasteiger partial charge on any atom is 0.244 e. The second-order valence-corrected chi connectivity index (χ2v) is 4.18. The lowest BCUT2D eigenvalue weighted by atomic mass is 10.1. The molecular weight excluding hydrogens is 231 g/mol. The van der Waals surface area contributed by atoms with Gasteiger partial charge in [0, 0.05) is 0 Å². The van der Waals surface area contributed by atoms with Gasteiger partial charge in [0.25, 0.3) is 0 Å². The van der Waals surface area contributed by atoms with Crippen molar-refractivity contribution >= 4 is 23.2 Å². The molecule has 16 heavy (non-hydrogen) atoms. The van der Waals surface area contributed by atoms with Crippen molar-refractivity contribution in [2.24, 2.45) is 5.41 Å². The average Bonchev–Trinajstić information content (AvgIpc) is 3.03. The molecule has 1 amide bonds. The van der Waals surface area contributed by atoms with Crippen LogP contribution in [-0.4, -0.2) is 5.91 Å². The Kier molecular flexibility index (Phi) is 2.56. The summed E-state index contributed by atoms with van der Waals surface area (Å²) in [5, 5.41) is 11.5. The normalized spacial score (nSPS) is 16.3. The van der Waals surface area contributed by atoms with E-state index in [0.717, 1.165) is 6.07 Å². The van der Waals surface area contributed by atoms with Crippen LogP contribution >= 0.6 is 11.6 Å². The number of carbonyl (C=O) groups excluding carboxylic acids is 1. The Balaban J connectivity index is 2.16. The molecular formula is C11H8ClFN2O. The molecule has 0 spiro atoms. The number of nitriles is 1. The van der Waals surface area contributed by atoms with E-state index in [9.17, 15) is 9.18 Å². The van der Waals surface area contributed by atoms with Crippen molar-refractivity contribution in [1.29, 1.82) is 5.26 Å². The number of amides is 1. The standard InChI is InChI=1S/C11H8ClFN2O/c12-8-5-7(13)1-2-9(8)15-10(16)11(6-14)3-4-11/h1-2,5H,3-4H2,(H,15,16). The first-order valence-electron chi connectivity index (χ1n) is 4.75. The summed E-state index contributed by atoms with van der Waals surface area (Å²) in [6.07, 6.45) is 1.13. The van der Waals surface area contributed by atoms with E-state index in [1.165, 1.54) is 12.1 Å². The highest BCUT2D eigenvalue weighted by atomic mass is 35.5. The van der Waals surface area contributed by atoms with E-state index in [4.69, 9.17) is 16.9 Å². The van der Waals surface area contributed by atoms with E-state index in [0.29, 0.717) is 18.5 Å². The Morgan fingerprint density at radius 3 is 2.75 bits per heavy atom. The van der Waals surface area contributed by atoms with Crippen LogP contribution in [0.4, 0.5) is 10.1 Å². The predicted octanol–water partition coefficient (Wildman–Crippen LogP) is 2.72. The Morgan fingerprint density at radius 2 is 2.25 bits per heavy atom. The third-order valence-corrected chi connectivity index (χ3v) is 2.89. The molecule has 1 aromatic rings. The van der Waals surface area contributed by atoms with Gasteiger partial charge in [-0.05, 0) is 31.0 Å². The Morgan fingerprint density at radius 1 is 1.56 bits per heavy atom. The van der Waals surface area contributed by atoms with Crippen molar-refractivity contribution in [1.82, 2.24) is 0 Å². The van der Waals surface area contributed by atoms with Gasteiger partial charge in [-0.2, -0.15) is 5.26 Å². The molecule has 1 N–H and O–H groups in total. The molecule has 0 aliphatic heterocycles. The maximum atomic E-state index is 12.7. The summed E-state index contributed by atoms with van der Waals surface area (Å²) in [7, 11) is 0. The van der Waals surface area contributed by atoms with Crippen molar-refractivity contribution in [3.8, 4) is 6.07 Å². The molecule has 5 heteroatoms. The minimum absolute atomic E-state index is 0.127. The molecule has 0 aromatic heterocycles. The SMILES string of the molecule is N#CC1(C(=O)Nc2ccc(F)cc2Cl)CC1. The minimum Gasteiger partial charge on any atom is -0.323 e. The van der Waals surface area contributed by atoms with Crippen molar-refractivity contribution in [3.05, 3.63) is 29.0 Å². The molecule has 1 aromatic carbocycles. The van der Waals surface area contributed by atoms with E-state index >= 15 is 0 Å². The first kappa shape index (κ1) is 10.9. The lowest BCUT2D eigenvalue weighted by molar-refractivity contribution is -0.119. The Labute approximate surface area is 96.8 Å². The first-order chi connectivity index (χ1) is 7.57. The van der Waals surface area contributed by atoms with Crippen LogP contribution in [0.15, 0.2) is 18.2 Å². The average molecular weight is 239 g/mol. The van der Waals surface area contributed by atoms with Gasteiger partial charge in [0.15, 0.2) is 0 Å². The van der Waals surface area contributed by atoms with E-state index in [1.54, 1.807) is 0 Å². The Bertz CT molecular complexity index is 491. The molecule has 0 heterocycles. The summed E-state index contributed by atoms with van der Waals surface area (Å²) in [5.74, 6) is -0.840. The van der Waals surface area contributed by atoms with Crippen LogP contribution in [-0.2, 0) is 4.79 Å². The predicted molar refractivity (Wildman–Crippen MR) is 57.3 cm³/mol. The van der Waals surface area contributed by atoms with Crippen LogP contribution in [0.1, 0.15) is 12.8 Å². The van der Waals surface area contributed by atoms with Crippen molar-refractivity contribution in [2.45, 2.75) is 12.8 Å². The Hall–Kier alpha value is -1.60. The summed E-state index contributed by atoms with van der Waals surface area (Å²) in [4.78, 5) is 11.7. The van der Waals surface area contributed by atoms with Crippen LogP contribution in [0.5, 0.6) is 0 Å². The van der Waals surface area contributed by atoms with E-state index < -0.39 is 11.2 Å². The largest absolute Gasteiger partial charge is 0.323 e. The number of nitrogens with one attached hydrogen (secondary N) is 1. The van der Waals surface area contributed by atoms with Crippen LogP contribution in [0.2, 0.25) is 5.02 Å². The van der Waals surface area contributed by atoms with Crippen molar-refractivity contribution < 1.29 is 9.18 Å². The smallest absolute Gasteiger partial charge is 0.244 e. The number of hydrogen-bond donors (Lipinski definition) is 1. The molecule has 0 unspecified atom stereocenters. The molecule has 1 aliphatic rings. The zero-order valence-electron chi connectivity index (χ0n) is 8.26. The van der Waals surface area contributed by atoms with Crippen LogP contribution in [0.3, 0.4) is 0 Å². The summed E-state index contributed by atoms with van der Waals surface area (Å²) in [6, 6.07) is 5.67. The number of halogens is 2. The highest BCUT2D eigenvalue weighted by molar-refractivity contribution is 6.33. The molecule has 3 nitrogen and oxygen atoms in total. The fourth-order valence-corrected chi connectivity index (χ4v) is 1.56. The molecule has 1 fully saturated rings. The number of benzene rings is 1. The lowest BCUT2D eigenvalue weighted by Crippen LogP contribution is -2.22. The van der Waals surface area contributed by atoms with Crippen molar-refractivity contribution in [3.63, 3.8) is 0 Å². The first-order valence-corrected chi connectivity index (χ1v) is 5.13. The number of carbonyl (C=O) groups is 1. The molecule has 0 radical (unpaired) electrons. The molecule has 82 valence electrons. The molecule has 1 aliphatic carbocycles. The zero-order chi connectivity index (χ0) is 11.8. The number of rotatable bonds is 2. The third kappa shape index (κ3) is 1.86. The topological polar surface area (TPSA) is 52.9 Å². The van der Waals surface area contributed by atoms with E-state index in [1.807, 2.05) is 6.07 Å². The van der Waals surface area contributed by atoms with Crippen molar-refractivity contribution in [2.75, 3.05) is 5.32 Å². The van der Waals surface area contributed by atoms with E-state index in [2.05, 4.69) is 5.32 Å². The van der Waals surface area contributed by atoms with Gasteiger partial charge in [0.05, 0.1) is 16.8 Å². The van der Waals surface area contributed by atoms with Gasteiger partial charge >= 0.3 is 0 Å². The molecule has 2 rings (SSSR count). The summed E-state index contributed by atoms with van der Waals surface area (Å²) in [6.45, 7) is 0. The van der Waals surface area contributed by atoms with Crippen LogP contribution in [0, 0.1) is 22.6 Å². The van der Waals surface area contributed by atoms with Gasteiger partial charge in [-0.3, -0.25) is 4.79 Å². The highest BCUT2D eigenvalue weighted by Gasteiger charge is 2.50. The quantitative estimate of drug-likeness (QED) is 0.861. The van der Waals surface area contributed by atoms with E-state index in [-0.39, 0.29) is 10.9 Å².